The quantitative estimate of drug-likeness (QED) is 0.379. The summed E-state index contributed by atoms with van der Waals surface area (Å²) >= 11 is 0. The summed E-state index contributed by atoms with van der Waals surface area (Å²) in [5.41, 5.74) is 0.552. The van der Waals surface area contributed by atoms with E-state index in [2.05, 4.69) is 12.0 Å². The van der Waals surface area contributed by atoms with Crippen molar-refractivity contribution in [2.24, 2.45) is 0 Å². The van der Waals surface area contributed by atoms with Crippen LogP contribution in [0.3, 0.4) is 0 Å². The van der Waals surface area contributed by atoms with Crippen LogP contribution in [0.25, 0.3) is 0 Å². The van der Waals surface area contributed by atoms with Gasteiger partial charge < -0.3 is 0 Å². The first-order valence-corrected chi connectivity index (χ1v) is 2.34. The molecule has 0 fully saturated rings. The fourth-order valence-electron chi connectivity index (χ4n) is 0.0779. The minimum atomic E-state index is -0.461. The van der Waals surface area contributed by atoms with Crippen LogP contribution in [0, 0.1) is 0 Å². The van der Waals surface area contributed by atoms with Crippen LogP contribution in [0.2, 0.25) is 0 Å². The molecule has 1 unspecified atom stereocenters. The molecule has 4 heteroatoms. The standard InChI is InChI=1S/C2H6BO2P/c1-2(3)5-6-4/h3-4,6H,1H3. The zero-order chi connectivity index (χ0) is 4.99. The normalized spacial score (nSPS) is 9.50. The van der Waals surface area contributed by atoms with E-state index in [9.17, 15) is 0 Å². The van der Waals surface area contributed by atoms with Crippen molar-refractivity contribution >= 4 is 22.2 Å². The molecule has 6 heavy (non-hydrogen) atoms. The zero-order valence-electron chi connectivity index (χ0n) is 3.56. The van der Waals surface area contributed by atoms with Gasteiger partial charge in [0.15, 0.2) is 0 Å². The first-order chi connectivity index (χ1) is 2.77. The third-order valence-corrected chi connectivity index (χ3v) is 0.660. The Morgan fingerprint density at radius 3 is 2.50 bits per heavy atom. The molecule has 0 heterocycles. The van der Waals surface area contributed by atoms with Gasteiger partial charge in [0, 0.05) is 0 Å². The Morgan fingerprint density at radius 2 is 2.50 bits per heavy atom. The van der Waals surface area contributed by atoms with E-state index in [1.54, 1.807) is 6.92 Å². The van der Waals surface area contributed by atoms with Gasteiger partial charge >= 0.3 is 38.5 Å². The van der Waals surface area contributed by atoms with Crippen LogP contribution >= 0.6 is 9.03 Å². The van der Waals surface area contributed by atoms with E-state index in [-0.39, 0.29) is 0 Å². The van der Waals surface area contributed by atoms with E-state index in [0.717, 1.165) is 0 Å². The molecule has 1 atom stereocenters. The van der Waals surface area contributed by atoms with Gasteiger partial charge in [-0.3, -0.25) is 0 Å². The van der Waals surface area contributed by atoms with Crippen LogP contribution in [0.15, 0.2) is 0 Å². The molecule has 0 bridgehead atoms. The summed E-state index contributed by atoms with van der Waals surface area (Å²) in [6.07, 6.45) is 0. The summed E-state index contributed by atoms with van der Waals surface area (Å²) in [6.45, 7) is 1.68. The van der Waals surface area contributed by atoms with Crippen molar-refractivity contribution in [1.29, 1.82) is 0 Å². The van der Waals surface area contributed by atoms with E-state index >= 15 is 0 Å². The second-order valence-electron chi connectivity index (χ2n) is 0.895. The fourth-order valence-corrected chi connectivity index (χ4v) is 0.234. The van der Waals surface area contributed by atoms with Crippen molar-refractivity contribution in [3.05, 3.63) is 0 Å². The molecule has 1 N–H and O–H groups in total. The van der Waals surface area contributed by atoms with Crippen molar-refractivity contribution in [2.45, 2.75) is 6.92 Å². The van der Waals surface area contributed by atoms with Gasteiger partial charge in [0.05, 0.1) is 0 Å². The molecule has 0 aromatic carbocycles. The molecule has 0 saturated carbocycles. The Kier molecular flexibility index (Phi) is 3.39. The molecule has 0 amide bonds. The Bertz CT molecular complexity index is 55.5. The van der Waals surface area contributed by atoms with E-state index in [1.807, 2.05) is 0 Å². The van der Waals surface area contributed by atoms with Gasteiger partial charge in [-0.25, -0.2) is 0 Å². The maximum absolute atomic E-state index is 7.98. The molecule has 34 valence electrons. The SMILES string of the molecule is B=C(C)OPO. The fraction of sp³-hybridized carbons (Fsp3) is 0.500. The molecule has 0 aliphatic heterocycles. The summed E-state index contributed by atoms with van der Waals surface area (Å²) in [6, 6.07) is 0. The van der Waals surface area contributed by atoms with Gasteiger partial charge in [0.25, 0.3) is 0 Å². The Hall–Kier alpha value is 0.125. The predicted octanol–water partition coefficient (Wildman–Crippen LogP) is -0.446. The topological polar surface area (TPSA) is 29.5 Å². The van der Waals surface area contributed by atoms with Crippen LogP contribution in [0.5, 0.6) is 0 Å². The van der Waals surface area contributed by atoms with Crippen molar-refractivity contribution in [3.63, 3.8) is 0 Å². The van der Waals surface area contributed by atoms with Crippen molar-refractivity contribution < 1.29 is 9.42 Å². The molecule has 0 aliphatic rings. The summed E-state index contributed by atoms with van der Waals surface area (Å²) in [7, 11) is 2.91. The van der Waals surface area contributed by atoms with Gasteiger partial charge in [-0.2, -0.15) is 0 Å². The van der Waals surface area contributed by atoms with Crippen LogP contribution in [0.1, 0.15) is 6.92 Å². The monoisotopic (exact) mass is 104 g/mol. The molecule has 0 radical (unpaired) electrons. The van der Waals surface area contributed by atoms with Crippen LogP contribution in [0.4, 0.5) is 0 Å². The molecule has 0 rings (SSSR count). The summed E-state index contributed by atoms with van der Waals surface area (Å²) < 4.78 is 4.43. The molecule has 0 saturated heterocycles. The average molecular weight is 104 g/mol. The Balaban J connectivity index is 2.83. The first-order valence-electron chi connectivity index (χ1n) is 1.49. The van der Waals surface area contributed by atoms with E-state index < -0.39 is 9.03 Å². The Morgan fingerprint density at radius 1 is 2.00 bits per heavy atom. The zero-order valence-corrected chi connectivity index (χ0v) is 4.56. The summed E-state index contributed by atoms with van der Waals surface area (Å²) in [5.74, 6) is 0. The van der Waals surface area contributed by atoms with E-state index in [0.29, 0.717) is 5.65 Å². The van der Waals surface area contributed by atoms with Gasteiger partial charge in [0.1, 0.15) is 0 Å². The van der Waals surface area contributed by atoms with Crippen LogP contribution in [-0.4, -0.2) is 18.0 Å². The third kappa shape index (κ3) is 4.12. The molecule has 0 spiro atoms. The van der Waals surface area contributed by atoms with Gasteiger partial charge in [-0.05, 0) is 0 Å². The summed E-state index contributed by atoms with van der Waals surface area (Å²) in [4.78, 5) is 7.98. The Labute approximate surface area is 39.5 Å². The second-order valence-corrected chi connectivity index (χ2v) is 1.28. The van der Waals surface area contributed by atoms with Gasteiger partial charge in [-0.1, -0.05) is 0 Å². The molecule has 0 aliphatic carbocycles. The number of hydrogen-bond acceptors (Lipinski definition) is 2. The summed E-state index contributed by atoms with van der Waals surface area (Å²) in [5, 5.41) is 0. The molecule has 0 aromatic rings. The van der Waals surface area contributed by atoms with Crippen molar-refractivity contribution in [2.75, 3.05) is 0 Å². The molecular formula is C2H6BO2P. The van der Waals surface area contributed by atoms with Crippen molar-refractivity contribution in [1.82, 2.24) is 0 Å². The van der Waals surface area contributed by atoms with E-state index in [4.69, 9.17) is 4.89 Å². The number of rotatable bonds is 2. The predicted molar refractivity (Wildman–Crippen MR) is 29.4 cm³/mol. The molecule has 0 aromatic heterocycles. The second kappa shape index (κ2) is 3.32. The maximum atomic E-state index is 7.98. The molecular weight excluding hydrogens is 97.8 g/mol. The number of hydrogen-bond donors (Lipinski definition) is 1. The van der Waals surface area contributed by atoms with Crippen LogP contribution in [-0.2, 0) is 4.52 Å². The van der Waals surface area contributed by atoms with Crippen LogP contribution < -0.4 is 0 Å². The average Bonchev–Trinajstić information content (AvgIpc) is 1.35. The van der Waals surface area contributed by atoms with Crippen molar-refractivity contribution in [3.8, 4) is 0 Å². The first kappa shape index (κ1) is 6.12. The van der Waals surface area contributed by atoms with Gasteiger partial charge in [-0.15, -0.1) is 0 Å². The minimum absolute atomic E-state index is 0.461. The van der Waals surface area contributed by atoms with E-state index in [1.165, 1.54) is 0 Å². The molecule has 2 nitrogen and oxygen atoms in total. The third-order valence-electron chi connectivity index (χ3n) is 0.220. The van der Waals surface area contributed by atoms with Gasteiger partial charge in [0.2, 0.25) is 0 Å².